The lowest BCUT2D eigenvalue weighted by Crippen LogP contribution is -2.14. The van der Waals surface area contributed by atoms with Crippen LogP contribution in [-0.2, 0) is 5.41 Å². The molecule has 3 heteroatoms. The second-order valence-corrected chi connectivity index (χ2v) is 6.70. The zero-order valence-corrected chi connectivity index (χ0v) is 13.1. The molecule has 100 valence electrons. The van der Waals surface area contributed by atoms with E-state index in [2.05, 4.69) is 66.0 Å². The molecule has 1 heterocycles. The van der Waals surface area contributed by atoms with Gasteiger partial charge in [-0.3, -0.25) is 4.98 Å². The van der Waals surface area contributed by atoms with E-state index < -0.39 is 0 Å². The van der Waals surface area contributed by atoms with Crippen LogP contribution in [0.5, 0.6) is 0 Å². The SMILES string of the molecule is CC(C)(C)c1ccc(C(N)c2cncc(Br)c2)cc1. The van der Waals surface area contributed by atoms with Crippen LogP contribution in [0.2, 0.25) is 0 Å². The summed E-state index contributed by atoms with van der Waals surface area (Å²) in [6, 6.07) is 10.4. The van der Waals surface area contributed by atoms with E-state index in [0.717, 1.165) is 15.6 Å². The first-order valence-corrected chi connectivity index (χ1v) is 7.14. The van der Waals surface area contributed by atoms with Crippen LogP contribution in [0.15, 0.2) is 47.2 Å². The number of rotatable bonds is 2. The van der Waals surface area contributed by atoms with Crippen molar-refractivity contribution in [2.24, 2.45) is 5.73 Å². The zero-order valence-electron chi connectivity index (χ0n) is 11.5. The van der Waals surface area contributed by atoms with Gasteiger partial charge >= 0.3 is 0 Å². The third-order valence-electron chi connectivity index (χ3n) is 3.22. The minimum Gasteiger partial charge on any atom is -0.320 e. The molecule has 0 fully saturated rings. The van der Waals surface area contributed by atoms with Crippen molar-refractivity contribution in [1.82, 2.24) is 4.98 Å². The topological polar surface area (TPSA) is 38.9 Å². The summed E-state index contributed by atoms with van der Waals surface area (Å²) in [5, 5.41) is 0. The Balaban J connectivity index is 2.27. The molecule has 0 bridgehead atoms. The van der Waals surface area contributed by atoms with Gasteiger partial charge in [0.15, 0.2) is 0 Å². The van der Waals surface area contributed by atoms with Gasteiger partial charge in [0, 0.05) is 16.9 Å². The molecule has 0 radical (unpaired) electrons. The van der Waals surface area contributed by atoms with Crippen molar-refractivity contribution in [3.8, 4) is 0 Å². The molecule has 1 aromatic carbocycles. The van der Waals surface area contributed by atoms with E-state index in [-0.39, 0.29) is 11.5 Å². The van der Waals surface area contributed by atoms with Gasteiger partial charge in [-0.05, 0) is 44.1 Å². The zero-order chi connectivity index (χ0) is 14.0. The summed E-state index contributed by atoms with van der Waals surface area (Å²) in [6.45, 7) is 6.63. The van der Waals surface area contributed by atoms with E-state index in [4.69, 9.17) is 5.73 Å². The van der Waals surface area contributed by atoms with E-state index in [0.29, 0.717) is 0 Å². The maximum absolute atomic E-state index is 6.28. The van der Waals surface area contributed by atoms with Gasteiger partial charge in [-0.1, -0.05) is 45.0 Å². The molecule has 0 saturated carbocycles. The molecule has 0 aliphatic heterocycles. The molecular weight excluding hydrogens is 300 g/mol. The number of halogens is 1. The predicted molar refractivity (Wildman–Crippen MR) is 83.1 cm³/mol. The Labute approximate surface area is 123 Å². The predicted octanol–water partition coefficient (Wildman–Crippen LogP) is 4.19. The summed E-state index contributed by atoms with van der Waals surface area (Å²) in [7, 11) is 0. The van der Waals surface area contributed by atoms with Crippen molar-refractivity contribution in [2.75, 3.05) is 0 Å². The molecule has 2 rings (SSSR count). The van der Waals surface area contributed by atoms with Gasteiger partial charge < -0.3 is 5.73 Å². The maximum atomic E-state index is 6.28. The highest BCUT2D eigenvalue weighted by molar-refractivity contribution is 9.10. The van der Waals surface area contributed by atoms with Crippen LogP contribution in [0.4, 0.5) is 0 Å². The Kier molecular flexibility index (Phi) is 4.07. The van der Waals surface area contributed by atoms with Gasteiger partial charge in [0.2, 0.25) is 0 Å². The lowest BCUT2D eigenvalue weighted by Gasteiger charge is -2.20. The van der Waals surface area contributed by atoms with Crippen molar-refractivity contribution in [3.63, 3.8) is 0 Å². The van der Waals surface area contributed by atoms with Gasteiger partial charge in [0.25, 0.3) is 0 Å². The second kappa shape index (κ2) is 5.43. The summed E-state index contributed by atoms with van der Waals surface area (Å²) < 4.78 is 0.951. The molecule has 1 aromatic heterocycles. The summed E-state index contributed by atoms with van der Waals surface area (Å²) in [6.07, 6.45) is 3.58. The third-order valence-corrected chi connectivity index (χ3v) is 3.65. The fraction of sp³-hybridized carbons (Fsp3) is 0.312. The standard InChI is InChI=1S/C16H19BrN2/c1-16(2,3)13-6-4-11(5-7-13)15(18)12-8-14(17)10-19-9-12/h4-10,15H,18H2,1-3H3. The van der Waals surface area contributed by atoms with Crippen LogP contribution in [0.25, 0.3) is 0 Å². The van der Waals surface area contributed by atoms with Crippen LogP contribution < -0.4 is 5.73 Å². The lowest BCUT2D eigenvalue weighted by molar-refractivity contribution is 0.589. The Morgan fingerprint density at radius 1 is 1.05 bits per heavy atom. The third kappa shape index (κ3) is 3.43. The minimum absolute atomic E-state index is 0.140. The van der Waals surface area contributed by atoms with Gasteiger partial charge in [-0.25, -0.2) is 0 Å². The lowest BCUT2D eigenvalue weighted by atomic mass is 9.86. The average molecular weight is 319 g/mol. The molecule has 2 N–H and O–H groups in total. The van der Waals surface area contributed by atoms with E-state index in [1.807, 2.05) is 12.3 Å². The highest BCUT2D eigenvalue weighted by Gasteiger charge is 2.15. The highest BCUT2D eigenvalue weighted by Crippen LogP contribution is 2.26. The van der Waals surface area contributed by atoms with E-state index in [9.17, 15) is 0 Å². The molecule has 0 spiro atoms. The molecule has 1 atom stereocenters. The number of pyridine rings is 1. The molecule has 0 saturated heterocycles. The van der Waals surface area contributed by atoms with Crippen molar-refractivity contribution < 1.29 is 0 Å². The first-order chi connectivity index (χ1) is 8.88. The largest absolute Gasteiger partial charge is 0.320 e. The van der Waals surface area contributed by atoms with Gasteiger partial charge in [0.1, 0.15) is 0 Å². The van der Waals surface area contributed by atoms with E-state index >= 15 is 0 Å². The number of hydrogen-bond acceptors (Lipinski definition) is 2. The van der Waals surface area contributed by atoms with Gasteiger partial charge in [-0.15, -0.1) is 0 Å². The number of hydrogen-bond donors (Lipinski definition) is 1. The molecule has 2 aromatic rings. The van der Waals surface area contributed by atoms with Crippen LogP contribution in [0.3, 0.4) is 0 Å². The molecule has 2 nitrogen and oxygen atoms in total. The summed E-state index contributed by atoms with van der Waals surface area (Å²) in [4.78, 5) is 4.16. The number of nitrogens with two attached hydrogens (primary N) is 1. The number of aromatic nitrogens is 1. The molecule has 0 aliphatic carbocycles. The second-order valence-electron chi connectivity index (χ2n) is 5.79. The summed E-state index contributed by atoms with van der Waals surface area (Å²) >= 11 is 3.42. The van der Waals surface area contributed by atoms with Crippen molar-refractivity contribution in [2.45, 2.75) is 32.2 Å². The molecule has 0 amide bonds. The fourth-order valence-electron chi connectivity index (χ4n) is 1.98. The molecule has 19 heavy (non-hydrogen) atoms. The Morgan fingerprint density at radius 2 is 1.68 bits per heavy atom. The first-order valence-electron chi connectivity index (χ1n) is 6.34. The Bertz CT molecular complexity index is 556. The maximum Gasteiger partial charge on any atom is 0.0567 e. The van der Waals surface area contributed by atoms with Crippen LogP contribution in [0, 0.1) is 0 Å². The van der Waals surface area contributed by atoms with Crippen molar-refractivity contribution in [1.29, 1.82) is 0 Å². The number of benzene rings is 1. The smallest absolute Gasteiger partial charge is 0.0567 e. The summed E-state index contributed by atoms with van der Waals surface area (Å²) in [5.41, 5.74) is 9.88. The molecule has 0 aliphatic rings. The summed E-state index contributed by atoms with van der Waals surface area (Å²) in [5.74, 6) is 0. The van der Waals surface area contributed by atoms with Crippen LogP contribution in [-0.4, -0.2) is 4.98 Å². The number of nitrogens with zero attached hydrogens (tertiary/aromatic N) is 1. The fourth-order valence-corrected chi connectivity index (χ4v) is 2.36. The van der Waals surface area contributed by atoms with Crippen molar-refractivity contribution in [3.05, 3.63) is 63.9 Å². The molecule has 1 unspecified atom stereocenters. The van der Waals surface area contributed by atoms with Gasteiger partial charge in [-0.2, -0.15) is 0 Å². The Hall–Kier alpha value is -1.19. The van der Waals surface area contributed by atoms with Crippen LogP contribution >= 0.6 is 15.9 Å². The Morgan fingerprint density at radius 3 is 2.21 bits per heavy atom. The quantitative estimate of drug-likeness (QED) is 0.901. The van der Waals surface area contributed by atoms with Gasteiger partial charge in [0.05, 0.1) is 6.04 Å². The van der Waals surface area contributed by atoms with Crippen molar-refractivity contribution >= 4 is 15.9 Å². The normalized spacial score (nSPS) is 13.3. The first kappa shape index (κ1) is 14.2. The van der Waals surface area contributed by atoms with E-state index in [1.54, 1.807) is 6.20 Å². The molecular formula is C16H19BrN2. The average Bonchev–Trinajstić information content (AvgIpc) is 2.37. The highest BCUT2D eigenvalue weighted by atomic mass is 79.9. The van der Waals surface area contributed by atoms with Crippen LogP contribution in [0.1, 0.15) is 43.5 Å². The van der Waals surface area contributed by atoms with E-state index in [1.165, 1.54) is 5.56 Å². The monoisotopic (exact) mass is 318 g/mol. The minimum atomic E-state index is -0.140.